The molecule has 2 N–H and O–H groups in total. The fourth-order valence-corrected chi connectivity index (χ4v) is 3.12. The van der Waals surface area contributed by atoms with E-state index in [1.807, 2.05) is 12.3 Å². The van der Waals surface area contributed by atoms with Gasteiger partial charge < -0.3 is 10.6 Å². The molecule has 21 heavy (non-hydrogen) atoms. The molecule has 0 saturated heterocycles. The van der Waals surface area contributed by atoms with Crippen molar-refractivity contribution >= 4 is 41.7 Å². The fourth-order valence-electron chi connectivity index (χ4n) is 2.52. The SMILES string of the molecule is CN=C(NCc1cc(F)ccc1SC)NC1CCCC1.I. The van der Waals surface area contributed by atoms with Gasteiger partial charge in [0, 0.05) is 24.5 Å². The summed E-state index contributed by atoms with van der Waals surface area (Å²) in [6, 6.07) is 5.43. The zero-order chi connectivity index (χ0) is 14.4. The van der Waals surface area contributed by atoms with Crippen LogP contribution in [0.5, 0.6) is 0 Å². The molecular formula is C15H23FIN3S. The van der Waals surface area contributed by atoms with Gasteiger partial charge in [-0.15, -0.1) is 35.7 Å². The highest BCUT2D eigenvalue weighted by Gasteiger charge is 2.16. The molecule has 0 radical (unpaired) electrons. The van der Waals surface area contributed by atoms with Crippen LogP contribution in [-0.4, -0.2) is 25.3 Å². The number of guanidine groups is 1. The molecule has 6 heteroatoms. The number of nitrogens with zero attached hydrogens (tertiary/aromatic N) is 1. The highest BCUT2D eigenvalue weighted by molar-refractivity contribution is 14.0. The first-order valence-corrected chi connectivity index (χ1v) is 8.25. The quantitative estimate of drug-likeness (QED) is 0.335. The van der Waals surface area contributed by atoms with Gasteiger partial charge in [-0.2, -0.15) is 0 Å². The molecule has 0 heterocycles. The summed E-state index contributed by atoms with van der Waals surface area (Å²) in [7, 11) is 1.77. The Bertz CT molecular complexity index is 476. The Morgan fingerprint density at radius 1 is 1.38 bits per heavy atom. The number of hydrogen-bond acceptors (Lipinski definition) is 2. The predicted octanol–water partition coefficient (Wildman–Crippen LogP) is 3.77. The molecule has 118 valence electrons. The zero-order valence-corrected chi connectivity index (χ0v) is 15.6. The largest absolute Gasteiger partial charge is 0.354 e. The van der Waals surface area contributed by atoms with Gasteiger partial charge in [-0.3, -0.25) is 4.99 Å². The minimum absolute atomic E-state index is 0. The minimum Gasteiger partial charge on any atom is -0.354 e. The lowest BCUT2D eigenvalue weighted by Gasteiger charge is -2.17. The van der Waals surface area contributed by atoms with Crippen LogP contribution in [0.2, 0.25) is 0 Å². The summed E-state index contributed by atoms with van der Waals surface area (Å²) >= 11 is 1.63. The van der Waals surface area contributed by atoms with Gasteiger partial charge in [-0.1, -0.05) is 12.8 Å². The highest BCUT2D eigenvalue weighted by atomic mass is 127. The maximum atomic E-state index is 13.3. The predicted molar refractivity (Wildman–Crippen MR) is 99.2 cm³/mol. The van der Waals surface area contributed by atoms with Crippen molar-refractivity contribution in [2.45, 2.75) is 43.2 Å². The van der Waals surface area contributed by atoms with E-state index in [2.05, 4.69) is 15.6 Å². The zero-order valence-electron chi connectivity index (χ0n) is 12.5. The van der Waals surface area contributed by atoms with E-state index < -0.39 is 0 Å². The van der Waals surface area contributed by atoms with Crippen LogP contribution in [0.25, 0.3) is 0 Å². The number of benzene rings is 1. The number of halogens is 2. The molecule has 0 aliphatic heterocycles. The monoisotopic (exact) mass is 423 g/mol. The van der Waals surface area contributed by atoms with Crippen LogP contribution in [-0.2, 0) is 6.54 Å². The van der Waals surface area contributed by atoms with Gasteiger partial charge in [-0.05, 0) is 42.9 Å². The molecule has 1 aliphatic rings. The third-order valence-electron chi connectivity index (χ3n) is 3.61. The summed E-state index contributed by atoms with van der Waals surface area (Å²) in [4.78, 5) is 5.33. The summed E-state index contributed by atoms with van der Waals surface area (Å²) in [6.07, 6.45) is 6.99. The first kappa shape index (κ1) is 18.5. The topological polar surface area (TPSA) is 36.4 Å². The molecule has 0 spiro atoms. The first-order chi connectivity index (χ1) is 9.72. The number of nitrogens with one attached hydrogen (secondary N) is 2. The van der Waals surface area contributed by atoms with Crippen LogP contribution >= 0.6 is 35.7 Å². The van der Waals surface area contributed by atoms with Crippen LogP contribution in [0.15, 0.2) is 28.1 Å². The lowest BCUT2D eigenvalue weighted by atomic mass is 10.2. The van der Waals surface area contributed by atoms with Crippen molar-refractivity contribution in [3.63, 3.8) is 0 Å². The molecule has 2 rings (SSSR count). The molecule has 0 aromatic heterocycles. The molecule has 1 fully saturated rings. The second kappa shape index (κ2) is 9.50. The van der Waals surface area contributed by atoms with E-state index in [4.69, 9.17) is 0 Å². The summed E-state index contributed by atoms with van der Waals surface area (Å²) in [6.45, 7) is 0.584. The van der Waals surface area contributed by atoms with Crippen LogP contribution in [0, 0.1) is 5.82 Å². The van der Waals surface area contributed by atoms with Crippen molar-refractivity contribution in [2.75, 3.05) is 13.3 Å². The molecular weight excluding hydrogens is 400 g/mol. The van der Waals surface area contributed by atoms with Crippen LogP contribution in [0.4, 0.5) is 4.39 Å². The lowest BCUT2D eigenvalue weighted by Crippen LogP contribution is -2.42. The molecule has 0 amide bonds. The van der Waals surface area contributed by atoms with Crippen molar-refractivity contribution in [3.8, 4) is 0 Å². The number of aliphatic imine (C=N–C) groups is 1. The Balaban J connectivity index is 0.00000220. The highest BCUT2D eigenvalue weighted by Crippen LogP contribution is 2.21. The maximum absolute atomic E-state index is 13.3. The smallest absolute Gasteiger partial charge is 0.191 e. The summed E-state index contributed by atoms with van der Waals surface area (Å²) in [5.41, 5.74) is 0.965. The third-order valence-corrected chi connectivity index (χ3v) is 4.45. The Kier molecular flexibility index (Phi) is 8.39. The summed E-state index contributed by atoms with van der Waals surface area (Å²) in [5, 5.41) is 6.70. The fraction of sp³-hybridized carbons (Fsp3) is 0.533. The van der Waals surface area contributed by atoms with Gasteiger partial charge in [0.05, 0.1) is 0 Å². The standard InChI is InChI=1S/C15H22FN3S.HI/c1-17-15(19-13-5-3-4-6-13)18-10-11-9-12(16)7-8-14(11)20-2;/h7-9,13H,3-6,10H2,1-2H3,(H2,17,18,19);1H. The Labute approximate surface area is 147 Å². The van der Waals surface area contributed by atoms with E-state index in [-0.39, 0.29) is 29.8 Å². The van der Waals surface area contributed by atoms with E-state index in [0.717, 1.165) is 16.4 Å². The van der Waals surface area contributed by atoms with E-state index in [9.17, 15) is 4.39 Å². The van der Waals surface area contributed by atoms with Gasteiger partial charge in [0.2, 0.25) is 0 Å². The van der Waals surface area contributed by atoms with Gasteiger partial charge >= 0.3 is 0 Å². The molecule has 1 aromatic rings. The average Bonchev–Trinajstić information content (AvgIpc) is 2.96. The number of rotatable bonds is 4. The molecule has 0 bridgehead atoms. The number of hydrogen-bond donors (Lipinski definition) is 2. The number of thioether (sulfide) groups is 1. The van der Waals surface area contributed by atoms with Crippen molar-refractivity contribution in [3.05, 3.63) is 29.6 Å². The van der Waals surface area contributed by atoms with Crippen LogP contribution < -0.4 is 10.6 Å². The summed E-state index contributed by atoms with van der Waals surface area (Å²) < 4.78 is 13.3. The molecule has 1 aliphatic carbocycles. The Hall–Kier alpha value is -0.500. The van der Waals surface area contributed by atoms with Gasteiger partial charge in [0.1, 0.15) is 5.82 Å². The van der Waals surface area contributed by atoms with E-state index in [0.29, 0.717) is 12.6 Å². The Morgan fingerprint density at radius 3 is 2.71 bits per heavy atom. The minimum atomic E-state index is -0.196. The molecule has 0 atom stereocenters. The second-order valence-corrected chi connectivity index (χ2v) is 5.86. The average molecular weight is 423 g/mol. The van der Waals surface area contributed by atoms with Gasteiger partial charge in [0.25, 0.3) is 0 Å². The van der Waals surface area contributed by atoms with E-state index in [1.54, 1.807) is 24.9 Å². The van der Waals surface area contributed by atoms with Gasteiger partial charge in [-0.25, -0.2) is 4.39 Å². The molecule has 1 saturated carbocycles. The first-order valence-electron chi connectivity index (χ1n) is 7.02. The molecule has 1 aromatic carbocycles. The second-order valence-electron chi connectivity index (χ2n) is 5.01. The maximum Gasteiger partial charge on any atom is 0.191 e. The van der Waals surface area contributed by atoms with Crippen molar-refractivity contribution in [1.29, 1.82) is 0 Å². The lowest BCUT2D eigenvalue weighted by molar-refractivity contribution is 0.609. The van der Waals surface area contributed by atoms with E-state index in [1.165, 1.54) is 31.7 Å². The van der Waals surface area contributed by atoms with Crippen molar-refractivity contribution < 1.29 is 4.39 Å². The molecule has 0 unspecified atom stereocenters. The molecule has 3 nitrogen and oxygen atoms in total. The van der Waals surface area contributed by atoms with Crippen LogP contribution in [0.3, 0.4) is 0 Å². The summed E-state index contributed by atoms with van der Waals surface area (Å²) in [5.74, 6) is 0.603. The van der Waals surface area contributed by atoms with Crippen molar-refractivity contribution in [2.24, 2.45) is 4.99 Å². The Morgan fingerprint density at radius 2 is 2.10 bits per heavy atom. The van der Waals surface area contributed by atoms with Crippen LogP contribution in [0.1, 0.15) is 31.2 Å². The van der Waals surface area contributed by atoms with Gasteiger partial charge in [0.15, 0.2) is 5.96 Å². The normalized spacial score (nSPS) is 15.7. The van der Waals surface area contributed by atoms with E-state index >= 15 is 0 Å². The van der Waals surface area contributed by atoms with Crippen molar-refractivity contribution in [1.82, 2.24) is 10.6 Å². The third kappa shape index (κ3) is 5.65.